The van der Waals surface area contributed by atoms with Crippen LogP contribution >= 0.6 is 0 Å². The highest BCUT2D eigenvalue weighted by Crippen LogP contribution is 2.39. The predicted octanol–water partition coefficient (Wildman–Crippen LogP) is 2.27. The number of hydrogen-bond acceptors (Lipinski definition) is 4. The zero-order chi connectivity index (χ0) is 15.1. The first-order chi connectivity index (χ1) is 10.1. The Morgan fingerprint density at radius 1 is 1.33 bits per heavy atom. The van der Waals surface area contributed by atoms with Crippen molar-refractivity contribution in [2.24, 2.45) is 0 Å². The van der Waals surface area contributed by atoms with Crippen molar-refractivity contribution in [1.82, 2.24) is 4.57 Å². The second-order valence-corrected chi connectivity index (χ2v) is 4.98. The summed E-state index contributed by atoms with van der Waals surface area (Å²) in [5.74, 6) is -1.21. The second kappa shape index (κ2) is 4.87. The Morgan fingerprint density at radius 2 is 2.05 bits per heavy atom. The highest BCUT2D eigenvalue weighted by molar-refractivity contribution is 5.95. The second-order valence-electron chi connectivity index (χ2n) is 4.98. The molecular weight excluding hydrogens is 277 g/mol. The molecule has 1 aromatic carbocycles. The van der Waals surface area contributed by atoms with Crippen molar-refractivity contribution in [3.05, 3.63) is 39.9 Å². The van der Waals surface area contributed by atoms with Crippen LogP contribution in [-0.2, 0) is 4.74 Å². The van der Waals surface area contributed by atoms with E-state index in [4.69, 9.17) is 4.74 Å². The summed E-state index contributed by atoms with van der Waals surface area (Å²) in [4.78, 5) is 24.2. The lowest BCUT2D eigenvalue weighted by atomic mass is 10.1. The molecule has 0 bridgehead atoms. The quantitative estimate of drug-likeness (QED) is 0.814. The number of ether oxygens (including phenoxy) is 2. The number of rotatable bonds is 3. The summed E-state index contributed by atoms with van der Waals surface area (Å²) >= 11 is 0. The number of pyridine rings is 1. The van der Waals surface area contributed by atoms with Crippen molar-refractivity contribution in [3.63, 3.8) is 0 Å². The maximum absolute atomic E-state index is 13.9. The number of hydrogen-bond donors (Lipinski definition) is 0. The van der Waals surface area contributed by atoms with Gasteiger partial charge in [-0.15, -0.1) is 0 Å². The summed E-state index contributed by atoms with van der Waals surface area (Å²) in [5.41, 5.74) is -0.143. The summed E-state index contributed by atoms with van der Waals surface area (Å²) < 4.78 is 25.4. The van der Waals surface area contributed by atoms with E-state index in [2.05, 4.69) is 4.74 Å². The number of nitrogens with zero attached hydrogens (tertiary/aromatic N) is 1. The van der Waals surface area contributed by atoms with E-state index in [1.165, 1.54) is 32.5 Å². The van der Waals surface area contributed by atoms with E-state index in [1.807, 2.05) is 0 Å². The molecule has 3 rings (SSSR count). The summed E-state index contributed by atoms with van der Waals surface area (Å²) in [5, 5.41) is 0.253. The van der Waals surface area contributed by atoms with Gasteiger partial charge in [0.1, 0.15) is 5.56 Å². The van der Waals surface area contributed by atoms with E-state index in [9.17, 15) is 14.0 Å². The molecule has 1 aromatic heterocycles. The van der Waals surface area contributed by atoms with Gasteiger partial charge in [0.05, 0.1) is 25.1 Å². The third-order valence-corrected chi connectivity index (χ3v) is 3.65. The molecule has 1 heterocycles. The SMILES string of the molecule is COC(=O)c1cn(C2CC2)c2c(OC)c(F)ccc2c1=O. The fourth-order valence-corrected chi connectivity index (χ4v) is 2.48. The maximum Gasteiger partial charge on any atom is 0.343 e. The van der Waals surface area contributed by atoms with Gasteiger partial charge in [0, 0.05) is 12.2 Å². The lowest BCUT2D eigenvalue weighted by molar-refractivity contribution is 0.0598. The zero-order valence-electron chi connectivity index (χ0n) is 11.7. The van der Waals surface area contributed by atoms with Crippen LogP contribution in [0.25, 0.3) is 10.9 Å². The van der Waals surface area contributed by atoms with Gasteiger partial charge in [-0.3, -0.25) is 4.79 Å². The molecule has 0 radical (unpaired) electrons. The van der Waals surface area contributed by atoms with E-state index in [0.29, 0.717) is 5.52 Å². The number of esters is 1. The molecular formula is C15H14FNO4. The van der Waals surface area contributed by atoms with Crippen molar-refractivity contribution in [2.45, 2.75) is 18.9 Å². The molecule has 1 fully saturated rings. The Bertz CT molecular complexity index is 792. The first-order valence-electron chi connectivity index (χ1n) is 6.58. The molecule has 1 aliphatic carbocycles. The van der Waals surface area contributed by atoms with Gasteiger partial charge < -0.3 is 14.0 Å². The Morgan fingerprint density at radius 3 is 2.62 bits per heavy atom. The predicted molar refractivity (Wildman–Crippen MR) is 74.3 cm³/mol. The molecule has 1 saturated carbocycles. The standard InChI is InChI=1S/C15H14FNO4/c1-20-14-11(16)6-5-9-12(14)17(8-3-4-8)7-10(13(9)18)15(19)21-2/h5-8H,3-4H2,1-2H3. The average Bonchev–Trinajstić information content (AvgIpc) is 3.31. The first-order valence-corrected chi connectivity index (χ1v) is 6.58. The zero-order valence-corrected chi connectivity index (χ0v) is 11.7. The van der Waals surface area contributed by atoms with Crippen LogP contribution in [0.1, 0.15) is 29.2 Å². The van der Waals surface area contributed by atoms with Gasteiger partial charge in [0.2, 0.25) is 5.43 Å². The topological polar surface area (TPSA) is 57.5 Å². The van der Waals surface area contributed by atoms with Crippen molar-refractivity contribution in [3.8, 4) is 5.75 Å². The van der Waals surface area contributed by atoms with Gasteiger partial charge in [-0.05, 0) is 25.0 Å². The van der Waals surface area contributed by atoms with Gasteiger partial charge in [0.25, 0.3) is 0 Å². The minimum absolute atomic E-state index is 0.0212. The molecule has 2 aromatic rings. The van der Waals surface area contributed by atoms with Crippen LogP contribution in [0.4, 0.5) is 4.39 Å². The Hall–Kier alpha value is -2.37. The minimum Gasteiger partial charge on any atom is -0.492 e. The highest BCUT2D eigenvalue weighted by Gasteiger charge is 2.29. The molecule has 0 unspecified atom stereocenters. The third kappa shape index (κ3) is 2.07. The summed E-state index contributed by atoms with van der Waals surface area (Å²) in [6.07, 6.45) is 3.27. The van der Waals surface area contributed by atoms with Crippen LogP contribution in [0.2, 0.25) is 0 Å². The number of carbonyl (C=O) groups excluding carboxylic acids is 1. The number of methoxy groups -OCH3 is 2. The van der Waals surface area contributed by atoms with Gasteiger partial charge in [0.15, 0.2) is 11.6 Å². The Labute approximate surface area is 119 Å². The summed E-state index contributed by atoms with van der Waals surface area (Å²) in [6.45, 7) is 0. The van der Waals surface area contributed by atoms with Gasteiger partial charge >= 0.3 is 5.97 Å². The van der Waals surface area contributed by atoms with Crippen molar-refractivity contribution < 1.29 is 18.7 Å². The Kier molecular flexibility index (Phi) is 3.16. The normalized spacial score (nSPS) is 14.2. The van der Waals surface area contributed by atoms with Crippen LogP contribution in [-0.4, -0.2) is 24.8 Å². The highest BCUT2D eigenvalue weighted by atomic mass is 19.1. The van der Waals surface area contributed by atoms with Crippen LogP contribution in [0.15, 0.2) is 23.1 Å². The maximum atomic E-state index is 13.9. The first kappa shape index (κ1) is 13.6. The average molecular weight is 291 g/mol. The number of aromatic nitrogens is 1. The minimum atomic E-state index is -0.695. The van der Waals surface area contributed by atoms with Gasteiger partial charge in [-0.2, -0.15) is 0 Å². The van der Waals surface area contributed by atoms with E-state index in [1.54, 1.807) is 4.57 Å². The fraction of sp³-hybridized carbons (Fsp3) is 0.333. The molecule has 0 amide bonds. The smallest absolute Gasteiger partial charge is 0.343 e. The molecule has 0 aliphatic heterocycles. The molecule has 21 heavy (non-hydrogen) atoms. The van der Waals surface area contributed by atoms with Gasteiger partial charge in [-0.1, -0.05) is 0 Å². The van der Waals surface area contributed by atoms with E-state index in [0.717, 1.165) is 12.8 Å². The molecule has 1 aliphatic rings. The van der Waals surface area contributed by atoms with Crippen LogP contribution in [0.5, 0.6) is 5.75 Å². The largest absolute Gasteiger partial charge is 0.492 e. The van der Waals surface area contributed by atoms with E-state index < -0.39 is 17.2 Å². The van der Waals surface area contributed by atoms with E-state index >= 15 is 0 Å². The van der Waals surface area contributed by atoms with Crippen LogP contribution < -0.4 is 10.2 Å². The summed E-state index contributed by atoms with van der Waals surface area (Å²) in [7, 11) is 2.58. The molecule has 0 spiro atoms. The number of fused-ring (bicyclic) bond motifs is 1. The lowest BCUT2D eigenvalue weighted by Gasteiger charge is -2.15. The molecule has 0 N–H and O–H groups in total. The number of halogens is 1. The molecule has 6 heteroatoms. The van der Waals surface area contributed by atoms with Crippen molar-refractivity contribution in [2.75, 3.05) is 14.2 Å². The number of benzene rings is 1. The van der Waals surface area contributed by atoms with Crippen LogP contribution in [0.3, 0.4) is 0 Å². The van der Waals surface area contributed by atoms with Crippen molar-refractivity contribution >= 4 is 16.9 Å². The van der Waals surface area contributed by atoms with Crippen molar-refractivity contribution in [1.29, 1.82) is 0 Å². The molecule has 110 valence electrons. The number of carbonyl (C=O) groups is 1. The third-order valence-electron chi connectivity index (χ3n) is 3.65. The van der Waals surface area contributed by atoms with E-state index in [-0.39, 0.29) is 22.7 Å². The fourth-order valence-electron chi connectivity index (χ4n) is 2.48. The monoisotopic (exact) mass is 291 g/mol. The van der Waals surface area contributed by atoms with Crippen LogP contribution in [0, 0.1) is 5.82 Å². The molecule has 0 saturated heterocycles. The Balaban J connectivity index is 2.43. The molecule has 0 atom stereocenters. The summed E-state index contributed by atoms with van der Waals surface area (Å²) in [6, 6.07) is 2.69. The lowest BCUT2D eigenvalue weighted by Crippen LogP contribution is -2.20. The van der Waals surface area contributed by atoms with Gasteiger partial charge in [-0.25, -0.2) is 9.18 Å². The molecule has 5 nitrogen and oxygen atoms in total.